The molecule has 0 N–H and O–H groups in total. The van der Waals surface area contributed by atoms with E-state index in [9.17, 15) is 14.7 Å². The number of methoxy groups -OCH3 is 1. The van der Waals surface area contributed by atoms with Crippen LogP contribution in [0, 0.1) is 5.92 Å². The van der Waals surface area contributed by atoms with Gasteiger partial charge in [-0.25, -0.2) is 0 Å². The number of carbonyl (C=O) groups is 2. The summed E-state index contributed by atoms with van der Waals surface area (Å²) < 4.78 is 5.14. The number of hydrogen-bond donors (Lipinski definition) is 0. The summed E-state index contributed by atoms with van der Waals surface area (Å²) in [5, 5.41) is 10.8. The number of amides is 1. The van der Waals surface area contributed by atoms with Crippen molar-refractivity contribution < 1.29 is 19.4 Å². The molecule has 0 unspecified atom stereocenters. The first-order chi connectivity index (χ1) is 8.13. The Morgan fingerprint density at radius 2 is 2.18 bits per heavy atom. The molecule has 1 amide bonds. The van der Waals surface area contributed by atoms with Gasteiger partial charge < -0.3 is 19.5 Å². The van der Waals surface area contributed by atoms with Crippen LogP contribution in [-0.4, -0.2) is 25.5 Å². The Balaban J connectivity index is 2.29. The molecule has 2 rings (SSSR count). The van der Waals surface area contributed by atoms with Crippen LogP contribution < -0.4 is 14.7 Å². The lowest BCUT2D eigenvalue weighted by molar-refractivity contribution is -0.310. The Kier molecular flexibility index (Phi) is 2.99. The molecular weight excluding hydrogens is 222 g/mol. The fourth-order valence-corrected chi connectivity index (χ4v) is 1.95. The van der Waals surface area contributed by atoms with E-state index in [4.69, 9.17) is 4.74 Å². The van der Waals surface area contributed by atoms with Crippen molar-refractivity contribution in [2.45, 2.75) is 6.42 Å². The Morgan fingerprint density at radius 1 is 1.47 bits per heavy atom. The van der Waals surface area contributed by atoms with Crippen LogP contribution in [0.5, 0.6) is 5.75 Å². The highest BCUT2D eigenvalue weighted by Crippen LogP contribution is 2.32. The minimum Gasteiger partial charge on any atom is -0.550 e. The van der Waals surface area contributed by atoms with E-state index in [1.165, 1.54) is 12.0 Å². The minimum atomic E-state index is -1.18. The topological polar surface area (TPSA) is 69.7 Å². The number of carbonyl (C=O) groups excluding carboxylic acids is 2. The normalized spacial score (nSPS) is 19.5. The first kappa shape index (κ1) is 11.4. The van der Waals surface area contributed by atoms with Crippen LogP contribution in [0.1, 0.15) is 6.42 Å². The predicted octanol–water partition coefficient (Wildman–Crippen LogP) is -0.202. The van der Waals surface area contributed by atoms with E-state index in [0.29, 0.717) is 11.4 Å². The number of carboxylic acid groups (broad SMARTS) is 1. The van der Waals surface area contributed by atoms with E-state index in [1.54, 1.807) is 24.3 Å². The lowest BCUT2D eigenvalue weighted by Gasteiger charge is -2.19. The van der Waals surface area contributed by atoms with Crippen LogP contribution in [0.3, 0.4) is 0 Å². The molecule has 0 aliphatic carbocycles. The number of rotatable bonds is 3. The summed E-state index contributed by atoms with van der Waals surface area (Å²) in [5.41, 5.74) is 0.601. The van der Waals surface area contributed by atoms with Crippen molar-refractivity contribution in [3.8, 4) is 5.75 Å². The van der Waals surface area contributed by atoms with Crippen LogP contribution in [-0.2, 0) is 9.59 Å². The highest BCUT2D eigenvalue weighted by atomic mass is 16.5. The van der Waals surface area contributed by atoms with Gasteiger partial charge in [-0.15, -0.1) is 0 Å². The van der Waals surface area contributed by atoms with Crippen LogP contribution >= 0.6 is 0 Å². The number of para-hydroxylation sites is 2. The summed E-state index contributed by atoms with van der Waals surface area (Å²) in [6, 6.07) is 7.03. The molecule has 0 aromatic heterocycles. The Hall–Kier alpha value is -2.04. The highest BCUT2D eigenvalue weighted by molar-refractivity contribution is 6.00. The van der Waals surface area contributed by atoms with Crippen molar-refractivity contribution in [3.63, 3.8) is 0 Å². The number of carboxylic acids is 1. The van der Waals surface area contributed by atoms with Gasteiger partial charge in [0.15, 0.2) is 0 Å². The first-order valence-electron chi connectivity index (χ1n) is 5.27. The lowest BCUT2D eigenvalue weighted by Crippen LogP contribution is -2.33. The van der Waals surface area contributed by atoms with Crippen LogP contribution in [0.15, 0.2) is 24.3 Å². The Morgan fingerprint density at radius 3 is 2.76 bits per heavy atom. The third-order valence-electron chi connectivity index (χ3n) is 2.83. The molecule has 5 nitrogen and oxygen atoms in total. The fourth-order valence-electron chi connectivity index (χ4n) is 1.95. The standard InChI is InChI=1S/C12H13NO4/c1-17-10-5-3-2-4-9(10)13-7-8(12(15)16)6-11(13)14/h2-5,8H,6-7H2,1H3,(H,15,16)/p-1/t8-/m0/s1. The van der Waals surface area contributed by atoms with E-state index in [-0.39, 0.29) is 18.9 Å². The molecule has 1 heterocycles. The lowest BCUT2D eigenvalue weighted by atomic mass is 10.1. The average molecular weight is 234 g/mol. The molecule has 0 radical (unpaired) electrons. The van der Waals surface area contributed by atoms with Gasteiger partial charge in [0.1, 0.15) is 5.75 Å². The molecule has 0 spiro atoms. The van der Waals surface area contributed by atoms with Crippen LogP contribution in [0.2, 0.25) is 0 Å². The van der Waals surface area contributed by atoms with Gasteiger partial charge in [0, 0.05) is 24.9 Å². The summed E-state index contributed by atoms with van der Waals surface area (Å²) in [6.07, 6.45) is -0.0135. The largest absolute Gasteiger partial charge is 0.550 e. The zero-order chi connectivity index (χ0) is 12.4. The van der Waals surface area contributed by atoms with Crippen molar-refractivity contribution in [1.29, 1.82) is 0 Å². The highest BCUT2D eigenvalue weighted by Gasteiger charge is 2.32. The maximum Gasteiger partial charge on any atom is 0.227 e. The van der Waals surface area contributed by atoms with Gasteiger partial charge in [-0.1, -0.05) is 12.1 Å². The molecule has 0 saturated carbocycles. The average Bonchev–Trinajstić information content (AvgIpc) is 2.71. The maximum absolute atomic E-state index is 11.7. The second kappa shape index (κ2) is 4.45. The summed E-state index contributed by atoms with van der Waals surface area (Å²) in [5.74, 6) is -1.59. The van der Waals surface area contributed by atoms with Gasteiger partial charge in [-0.05, 0) is 12.1 Å². The van der Waals surface area contributed by atoms with E-state index in [1.807, 2.05) is 0 Å². The van der Waals surface area contributed by atoms with Gasteiger partial charge in [0.2, 0.25) is 5.91 Å². The van der Waals surface area contributed by atoms with E-state index in [0.717, 1.165) is 0 Å². The zero-order valence-corrected chi connectivity index (χ0v) is 9.38. The van der Waals surface area contributed by atoms with Gasteiger partial charge in [0.05, 0.1) is 12.8 Å². The van der Waals surface area contributed by atoms with E-state index in [2.05, 4.69) is 0 Å². The predicted molar refractivity (Wildman–Crippen MR) is 58.5 cm³/mol. The Labute approximate surface area is 98.6 Å². The van der Waals surface area contributed by atoms with Crippen molar-refractivity contribution in [1.82, 2.24) is 0 Å². The monoisotopic (exact) mass is 234 g/mol. The number of anilines is 1. The fraction of sp³-hybridized carbons (Fsp3) is 0.333. The number of nitrogens with zero attached hydrogens (tertiary/aromatic N) is 1. The number of benzene rings is 1. The van der Waals surface area contributed by atoms with Crippen molar-refractivity contribution >= 4 is 17.6 Å². The molecule has 1 aromatic rings. The van der Waals surface area contributed by atoms with E-state index < -0.39 is 11.9 Å². The summed E-state index contributed by atoms with van der Waals surface area (Å²) >= 11 is 0. The molecular formula is C12H12NO4-. The molecule has 1 aliphatic heterocycles. The second-order valence-electron chi connectivity index (χ2n) is 3.90. The van der Waals surface area contributed by atoms with Gasteiger partial charge in [-0.3, -0.25) is 4.79 Å². The SMILES string of the molecule is COc1ccccc1N1C[C@@H](C(=O)[O-])CC1=O. The molecule has 0 bridgehead atoms. The third-order valence-corrected chi connectivity index (χ3v) is 2.83. The first-order valence-corrected chi connectivity index (χ1v) is 5.27. The van der Waals surface area contributed by atoms with Gasteiger partial charge in [0.25, 0.3) is 0 Å². The smallest absolute Gasteiger partial charge is 0.227 e. The van der Waals surface area contributed by atoms with E-state index >= 15 is 0 Å². The van der Waals surface area contributed by atoms with Gasteiger partial charge >= 0.3 is 0 Å². The summed E-state index contributed by atoms with van der Waals surface area (Å²) in [6.45, 7) is 0.140. The quantitative estimate of drug-likeness (QED) is 0.726. The second-order valence-corrected chi connectivity index (χ2v) is 3.90. The molecule has 17 heavy (non-hydrogen) atoms. The third kappa shape index (κ3) is 2.08. The van der Waals surface area contributed by atoms with Crippen LogP contribution in [0.4, 0.5) is 5.69 Å². The molecule has 1 fully saturated rings. The summed E-state index contributed by atoms with van der Waals surface area (Å²) in [4.78, 5) is 23.9. The number of hydrogen-bond acceptors (Lipinski definition) is 4. The zero-order valence-electron chi connectivity index (χ0n) is 9.38. The van der Waals surface area contributed by atoms with Gasteiger partial charge in [-0.2, -0.15) is 0 Å². The van der Waals surface area contributed by atoms with Crippen molar-refractivity contribution in [3.05, 3.63) is 24.3 Å². The Bertz CT molecular complexity index is 458. The molecule has 1 aliphatic rings. The van der Waals surface area contributed by atoms with Crippen molar-refractivity contribution in [2.24, 2.45) is 5.92 Å². The minimum absolute atomic E-state index is 0.0135. The maximum atomic E-state index is 11.7. The van der Waals surface area contributed by atoms with Crippen molar-refractivity contribution in [2.75, 3.05) is 18.6 Å². The number of aliphatic carboxylic acids is 1. The molecule has 1 saturated heterocycles. The molecule has 90 valence electrons. The molecule has 1 aromatic carbocycles. The summed E-state index contributed by atoms with van der Waals surface area (Å²) in [7, 11) is 1.51. The molecule has 5 heteroatoms. The molecule has 1 atom stereocenters. The van der Waals surface area contributed by atoms with Crippen LogP contribution in [0.25, 0.3) is 0 Å². The number of ether oxygens (including phenoxy) is 1.